The molecule has 4 unspecified atom stereocenters. The zero-order chi connectivity index (χ0) is 22.0. The Balaban J connectivity index is 1.33. The largest absolute Gasteiger partial charge is 0.469 e. The van der Waals surface area contributed by atoms with Crippen molar-refractivity contribution < 1.29 is 9.21 Å². The first-order valence-electron chi connectivity index (χ1n) is 10.7. The number of amides is 1. The number of nitrogens with one attached hydrogen (secondary N) is 1. The lowest BCUT2D eigenvalue weighted by Crippen LogP contribution is -2.34. The van der Waals surface area contributed by atoms with Crippen LogP contribution in [0.15, 0.2) is 50.8 Å². The van der Waals surface area contributed by atoms with Crippen molar-refractivity contribution >= 4 is 57.9 Å². The van der Waals surface area contributed by atoms with Crippen LogP contribution in [0, 0.1) is 17.8 Å². The Labute approximate surface area is 203 Å². The number of rotatable bonds is 4. The summed E-state index contributed by atoms with van der Waals surface area (Å²) >= 11 is 15.1. The second kappa shape index (κ2) is 7.97. The summed E-state index contributed by atoms with van der Waals surface area (Å²) in [6.07, 6.45) is 5.49. The Morgan fingerprint density at radius 3 is 2.81 bits per heavy atom. The molecule has 0 radical (unpaired) electrons. The molecule has 2 aliphatic carbocycles. The number of hydrogen-bond acceptors (Lipinski definition) is 5. The second-order valence-corrected chi connectivity index (χ2v) is 11.8. The Hall–Kier alpha value is -1.67. The van der Waals surface area contributed by atoms with Crippen LogP contribution in [0.4, 0.5) is 5.69 Å². The smallest absolute Gasteiger partial charge is 0.308 e. The molecule has 2 aromatic heterocycles. The number of fused-ring (bicyclic) bond motifs is 6. The number of halogens is 2. The first-order valence-corrected chi connectivity index (χ1v) is 13.1. The number of thiazole rings is 1. The average molecular weight is 507 g/mol. The van der Waals surface area contributed by atoms with Gasteiger partial charge in [-0.15, -0.1) is 11.8 Å². The molecule has 1 amide bonds. The molecule has 32 heavy (non-hydrogen) atoms. The predicted molar refractivity (Wildman–Crippen MR) is 128 cm³/mol. The molecule has 1 aliphatic heterocycles. The zero-order valence-electron chi connectivity index (χ0n) is 16.9. The van der Waals surface area contributed by atoms with Gasteiger partial charge < -0.3 is 9.73 Å². The number of nitrogens with zero attached hydrogens (tertiary/aromatic N) is 1. The summed E-state index contributed by atoms with van der Waals surface area (Å²) in [5.74, 6) is 2.62. The third-order valence-electron chi connectivity index (χ3n) is 7.05. The van der Waals surface area contributed by atoms with E-state index in [1.807, 2.05) is 12.1 Å². The number of furan rings is 1. The fourth-order valence-electron chi connectivity index (χ4n) is 5.79. The van der Waals surface area contributed by atoms with E-state index in [2.05, 4.69) is 5.32 Å². The standard InChI is InChI=1S/C23H20Cl2N2O3S2/c24-14-6-5-13(9-15(14)25)26-17(28)10-27-22-21(32-23(27)29)19(16-2-1-7-30-16)18-11-3-4-12(8-11)20(18)31-22/h1-2,5-7,9,11-12,18-20H,3-4,8,10H2,(H,26,28)/t11?,12?,18?,19-,20?/m1/s1. The molecular weight excluding hydrogens is 487 g/mol. The molecule has 2 fully saturated rings. The Bertz CT molecular complexity index is 1250. The Morgan fingerprint density at radius 1 is 1.19 bits per heavy atom. The van der Waals surface area contributed by atoms with Crippen molar-refractivity contribution in [3.05, 3.63) is 66.9 Å². The van der Waals surface area contributed by atoms with Crippen molar-refractivity contribution in [2.24, 2.45) is 17.8 Å². The molecule has 9 heteroatoms. The van der Waals surface area contributed by atoms with Crippen molar-refractivity contribution in [3.8, 4) is 0 Å². The predicted octanol–water partition coefficient (Wildman–Crippen LogP) is 6.10. The Kier molecular flexibility index (Phi) is 5.21. The van der Waals surface area contributed by atoms with E-state index < -0.39 is 0 Å². The van der Waals surface area contributed by atoms with Gasteiger partial charge in [0.05, 0.1) is 32.1 Å². The van der Waals surface area contributed by atoms with Crippen LogP contribution in [0.2, 0.25) is 10.0 Å². The van der Waals surface area contributed by atoms with Crippen LogP contribution < -0.4 is 10.2 Å². The van der Waals surface area contributed by atoms with E-state index in [9.17, 15) is 9.59 Å². The highest BCUT2D eigenvalue weighted by molar-refractivity contribution is 8.00. The lowest BCUT2D eigenvalue weighted by Gasteiger charge is -2.39. The van der Waals surface area contributed by atoms with Crippen molar-refractivity contribution in [2.75, 3.05) is 5.32 Å². The van der Waals surface area contributed by atoms with Gasteiger partial charge in [-0.25, -0.2) is 0 Å². The number of carbonyl (C=O) groups excluding carboxylic acids is 1. The maximum absolute atomic E-state index is 13.0. The van der Waals surface area contributed by atoms with E-state index in [-0.39, 0.29) is 23.2 Å². The lowest BCUT2D eigenvalue weighted by atomic mass is 9.77. The van der Waals surface area contributed by atoms with Crippen LogP contribution in [0.25, 0.3) is 0 Å². The molecule has 3 aromatic rings. The van der Waals surface area contributed by atoms with Gasteiger partial charge in [-0.2, -0.15) is 0 Å². The number of anilines is 1. The monoisotopic (exact) mass is 506 g/mol. The molecule has 0 saturated heterocycles. The Morgan fingerprint density at radius 2 is 2.03 bits per heavy atom. The van der Waals surface area contributed by atoms with E-state index in [4.69, 9.17) is 27.6 Å². The minimum atomic E-state index is -0.267. The number of thioether (sulfide) groups is 1. The summed E-state index contributed by atoms with van der Waals surface area (Å²) in [5.41, 5.74) is 0.552. The number of aromatic nitrogens is 1. The van der Waals surface area contributed by atoms with Gasteiger partial charge in [0.15, 0.2) is 0 Å². The van der Waals surface area contributed by atoms with E-state index >= 15 is 0 Å². The molecule has 2 bridgehead atoms. The van der Waals surface area contributed by atoms with Crippen LogP contribution in [0.3, 0.4) is 0 Å². The number of carbonyl (C=O) groups is 1. The van der Waals surface area contributed by atoms with Gasteiger partial charge in [-0.3, -0.25) is 14.2 Å². The van der Waals surface area contributed by atoms with Crippen LogP contribution in [0.1, 0.15) is 35.8 Å². The minimum Gasteiger partial charge on any atom is -0.469 e. The van der Waals surface area contributed by atoms with Crippen LogP contribution >= 0.6 is 46.3 Å². The summed E-state index contributed by atoms with van der Waals surface area (Å²) in [5, 5.41) is 5.02. The minimum absolute atomic E-state index is 0.0335. The van der Waals surface area contributed by atoms with Gasteiger partial charge >= 0.3 is 4.87 Å². The summed E-state index contributed by atoms with van der Waals surface area (Å²) in [6.45, 7) is -0.0335. The summed E-state index contributed by atoms with van der Waals surface area (Å²) in [7, 11) is 0. The third kappa shape index (κ3) is 3.36. The zero-order valence-corrected chi connectivity index (χ0v) is 20.1. The summed E-state index contributed by atoms with van der Waals surface area (Å²) in [6, 6.07) is 8.88. The molecule has 3 aliphatic rings. The summed E-state index contributed by atoms with van der Waals surface area (Å²) < 4.78 is 7.49. The topological polar surface area (TPSA) is 64.2 Å². The maximum Gasteiger partial charge on any atom is 0.308 e. The van der Waals surface area contributed by atoms with Crippen molar-refractivity contribution in [2.45, 2.75) is 42.0 Å². The highest BCUT2D eigenvalue weighted by Gasteiger charge is 2.55. The van der Waals surface area contributed by atoms with Crippen molar-refractivity contribution in [1.82, 2.24) is 4.57 Å². The van der Waals surface area contributed by atoms with Gasteiger partial charge in [0.25, 0.3) is 0 Å². The lowest BCUT2D eigenvalue weighted by molar-refractivity contribution is -0.116. The van der Waals surface area contributed by atoms with Gasteiger partial charge in [-0.1, -0.05) is 34.5 Å². The van der Waals surface area contributed by atoms with Crippen molar-refractivity contribution in [1.29, 1.82) is 0 Å². The number of benzene rings is 1. The van der Waals surface area contributed by atoms with E-state index in [0.717, 1.165) is 15.7 Å². The quantitative estimate of drug-likeness (QED) is 0.464. The highest BCUT2D eigenvalue weighted by atomic mass is 35.5. The van der Waals surface area contributed by atoms with Gasteiger partial charge in [0.1, 0.15) is 12.3 Å². The molecule has 0 spiro atoms. The van der Waals surface area contributed by atoms with Crippen LogP contribution in [-0.4, -0.2) is 15.7 Å². The fraction of sp³-hybridized carbons (Fsp3) is 0.391. The van der Waals surface area contributed by atoms with Crippen LogP contribution in [0.5, 0.6) is 0 Å². The molecule has 166 valence electrons. The molecule has 5 atom stereocenters. The molecule has 1 N–H and O–H groups in total. The number of hydrogen-bond donors (Lipinski definition) is 1. The first kappa shape index (κ1) is 20.9. The molecule has 5 nitrogen and oxygen atoms in total. The molecule has 3 heterocycles. The average Bonchev–Trinajstić information content (AvgIpc) is 3.55. The van der Waals surface area contributed by atoms with Gasteiger partial charge in [0.2, 0.25) is 5.91 Å². The fourth-order valence-corrected chi connectivity index (χ4v) is 9.22. The highest BCUT2D eigenvalue weighted by Crippen LogP contribution is 2.64. The van der Waals surface area contributed by atoms with E-state index in [1.54, 1.807) is 40.8 Å². The SMILES string of the molecule is O=C(Cn1c2c(sc1=O)[C@H](c1ccco1)C1C3CCC(C3)C1S2)Nc1ccc(Cl)c(Cl)c1. The van der Waals surface area contributed by atoms with Crippen molar-refractivity contribution in [3.63, 3.8) is 0 Å². The maximum atomic E-state index is 13.0. The normalized spacial score (nSPS) is 27.9. The third-order valence-corrected chi connectivity index (χ3v) is 10.6. The van der Waals surface area contributed by atoms with Crippen LogP contribution in [-0.2, 0) is 11.3 Å². The molecule has 6 rings (SSSR count). The molecule has 1 aromatic carbocycles. The second-order valence-electron chi connectivity index (χ2n) is 8.79. The molecular formula is C23H20Cl2N2O3S2. The van der Waals surface area contributed by atoms with E-state index in [1.165, 1.54) is 30.6 Å². The molecule has 2 saturated carbocycles. The van der Waals surface area contributed by atoms with Gasteiger partial charge in [0, 0.05) is 10.9 Å². The van der Waals surface area contributed by atoms with Gasteiger partial charge in [-0.05, 0) is 67.3 Å². The summed E-state index contributed by atoms with van der Waals surface area (Å²) in [4.78, 5) is 26.8. The van der Waals surface area contributed by atoms with E-state index in [0.29, 0.717) is 38.7 Å². The first-order chi connectivity index (χ1) is 15.5.